The third-order valence-corrected chi connectivity index (χ3v) is 6.05. The van der Waals surface area contributed by atoms with Crippen LogP contribution in [0.15, 0.2) is 67.1 Å². The Balaban J connectivity index is 1.33. The molecule has 0 saturated carbocycles. The number of rotatable bonds is 6. The molecule has 1 N–H and O–H groups in total. The molecule has 176 valence electrons. The number of pyridine rings is 1. The van der Waals surface area contributed by atoms with Crippen LogP contribution in [0.5, 0.6) is 0 Å². The Labute approximate surface area is 206 Å². The third kappa shape index (κ3) is 4.79. The van der Waals surface area contributed by atoms with E-state index in [2.05, 4.69) is 45.6 Å². The van der Waals surface area contributed by atoms with Crippen LogP contribution in [0.4, 0.5) is 10.1 Å². The van der Waals surface area contributed by atoms with E-state index in [0.29, 0.717) is 22.9 Å². The highest BCUT2D eigenvalue weighted by Crippen LogP contribution is 2.30. The van der Waals surface area contributed by atoms with Crippen LogP contribution >= 0.6 is 11.6 Å². The number of halogens is 2. The molecule has 0 aliphatic rings. The summed E-state index contributed by atoms with van der Waals surface area (Å²) < 4.78 is 16.5. The number of benzene rings is 2. The van der Waals surface area contributed by atoms with Crippen molar-refractivity contribution in [3.63, 3.8) is 0 Å². The molecule has 0 unspecified atom stereocenters. The standard InChI is InChI=1S/C26H22ClFN6O/c1-16-4-3-5-18(10-16)22-8-9-29-26-25(22)17(2)32-34(26)15-24(35)31-21-12-30-33(14-21)13-19-6-7-20(28)11-23(19)27/h3-12,14H,13,15H2,1-2H3,(H,31,35). The molecular formula is C26H22ClFN6O. The fourth-order valence-corrected chi connectivity index (χ4v) is 4.35. The van der Waals surface area contributed by atoms with E-state index in [-0.39, 0.29) is 12.5 Å². The lowest BCUT2D eigenvalue weighted by molar-refractivity contribution is -0.116. The highest BCUT2D eigenvalue weighted by Gasteiger charge is 2.16. The Morgan fingerprint density at radius 3 is 2.80 bits per heavy atom. The van der Waals surface area contributed by atoms with Gasteiger partial charge < -0.3 is 5.32 Å². The van der Waals surface area contributed by atoms with Crippen molar-refractivity contribution >= 4 is 34.2 Å². The van der Waals surface area contributed by atoms with E-state index in [9.17, 15) is 9.18 Å². The minimum Gasteiger partial charge on any atom is -0.322 e. The van der Waals surface area contributed by atoms with Crippen molar-refractivity contribution in [1.29, 1.82) is 0 Å². The molecule has 3 heterocycles. The summed E-state index contributed by atoms with van der Waals surface area (Å²) in [6.45, 7) is 4.33. The number of nitrogens with zero attached hydrogens (tertiary/aromatic N) is 5. The number of amides is 1. The predicted molar refractivity (Wildman–Crippen MR) is 134 cm³/mol. The second-order valence-electron chi connectivity index (χ2n) is 8.38. The van der Waals surface area contributed by atoms with E-state index >= 15 is 0 Å². The minimum atomic E-state index is -0.394. The molecule has 7 nitrogen and oxygen atoms in total. The summed E-state index contributed by atoms with van der Waals surface area (Å²) in [6, 6.07) is 14.4. The molecule has 0 fully saturated rings. The zero-order chi connectivity index (χ0) is 24.5. The van der Waals surface area contributed by atoms with Gasteiger partial charge in [-0.25, -0.2) is 14.1 Å². The summed E-state index contributed by atoms with van der Waals surface area (Å²) in [4.78, 5) is 17.3. The van der Waals surface area contributed by atoms with Crippen molar-refractivity contribution in [2.45, 2.75) is 26.9 Å². The number of carbonyl (C=O) groups is 1. The molecule has 3 aromatic heterocycles. The first-order chi connectivity index (χ1) is 16.9. The lowest BCUT2D eigenvalue weighted by Gasteiger charge is -2.07. The number of aromatic nitrogens is 5. The van der Waals surface area contributed by atoms with E-state index in [0.717, 1.165) is 27.8 Å². The van der Waals surface area contributed by atoms with E-state index < -0.39 is 5.82 Å². The van der Waals surface area contributed by atoms with Crippen LogP contribution in [0.2, 0.25) is 5.02 Å². The van der Waals surface area contributed by atoms with Crippen molar-refractivity contribution in [1.82, 2.24) is 24.5 Å². The summed E-state index contributed by atoms with van der Waals surface area (Å²) in [5.74, 6) is -0.648. The van der Waals surface area contributed by atoms with Gasteiger partial charge in [-0.15, -0.1) is 0 Å². The summed E-state index contributed by atoms with van der Waals surface area (Å²) >= 11 is 6.10. The fourth-order valence-electron chi connectivity index (χ4n) is 4.12. The SMILES string of the molecule is Cc1cccc(-c2ccnc3c2c(C)nn3CC(=O)Nc2cnn(Cc3ccc(F)cc3Cl)c2)c1. The first-order valence-corrected chi connectivity index (χ1v) is 11.4. The molecule has 0 aliphatic heterocycles. The number of fused-ring (bicyclic) bond motifs is 1. The number of anilines is 1. The smallest absolute Gasteiger partial charge is 0.246 e. The monoisotopic (exact) mass is 488 g/mol. The zero-order valence-electron chi connectivity index (χ0n) is 19.2. The van der Waals surface area contributed by atoms with Crippen LogP contribution in [0.1, 0.15) is 16.8 Å². The van der Waals surface area contributed by atoms with Gasteiger partial charge in [0.1, 0.15) is 12.4 Å². The van der Waals surface area contributed by atoms with Crippen molar-refractivity contribution in [3.05, 3.63) is 94.8 Å². The molecule has 5 aromatic rings. The largest absolute Gasteiger partial charge is 0.322 e. The van der Waals surface area contributed by atoms with E-state index in [4.69, 9.17) is 11.6 Å². The van der Waals surface area contributed by atoms with E-state index in [1.807, 2.05) is 19.1 Å². The van der Waals surface area contributed by atoms with Crippen LogP contribution in [0.25, 0.3) is 22.2 Å². The molecule has 0 spiro atoms. The van der Waals surface area contributed by atoms with Gasteiger partial charge in [-0.3, -0.25) is 9.48 Å². The van der Waals surface area contributed by atoms with Crippen LogP contribution in [0, 0.1) is 19.7 Å². The second kappa shape index (κ2) is 9.31. The fraction of sp³-hybridized carbons (Fsp3) is 0.154. The van der Waals surface area contributed by atoms with Gasteiger partial charge in [-0.2, -0.15) is 10.2 Å². The van der Waals surface area contributed by atoms with Gasteiger partial charge in [0.05, 0.1) is 24.1 Å². The average Bonchev–Trinajstić information content (AvgIpc) is 3.39. The Morgan fingerprint density at radius 1 is 1.14 bits per heavy atom. The molecule has 0 atom stereocenters. The molecule has 9 heteroatoms. The average molecular weight is 489 g/mol. The highest BCUT2D eigenvalue weighted by atomic mass is 35.5. The number of carbonyl (C=O) groups excluding carboxylic acids is 1. The van der Waals surface area contributed by atoms with Crippen LogP contribution < -0.4 is 5.32 Å². The third-order valence-electron chi connectivity index (χ3n) is 5.69. The van der Waals surface area contributed by atoms with Gasteiger partial charge in [0.15, 0.2) is 5.65 Å². The van der Waals surface area contributed by atoms with Gasteiger partial charge in [-0.1, -0.05) is 47.5 Å². The summed E-state index contributed by atoms with van der Waals surface area (Å²) in [6.07, 6.45) is 4.98. The topological polar surface area (TPSA) is 77.6 Å². The summed E-state index contributed by atoms with van der Waals surface area (Å²) in [5.41, 5.74) is 6.00. The Bertz CT molecular complexity index is 1560. The summed E-state index contributed by atoms with van der Waals surface area (Å²) in [5, 5.41) is 12.9. The van der Waals surface area contributed by atoms with E-state index in [1.165, 1.54) is 17.7 Å². The molecule has 35 heavy (non-hydrogen) atoms. The maximum Gasteiger partial charge on any atom is 0.246 e. The zero-order valence-corrected chi connectivity index (χ0v) is 19.9. The van der Waals surface area contributed by atoms with Crippen molar-refractivity contribution in [3.8, 4) is 11.1 Å². The van der Waals surface area contributed by atoms with Crippen molar-refractivity contribution in [2.75, 3.05) is 5.32 Å². The van der Waals surface area contributed by atoms with Crippen LogP contribution in [-0.2, 0) is 17.9 Å². The van der Waals surface area contributed by atoms with Gasteiger partial charge in [0.2, 0.25) is 5.91 Å². The number of hydrogen-bond donors (Lipinski definition) is 1. The number of hydrogen-bond acceptors (Lipinski definition) is 4. The van der Waals surface area contributed by atoms with E-state index in [1.54, 1.807) is 34.0 Å². The molecule has 0 aliphatic carbocycles. The lowest BCUT2D eigenvalue weighted by atomic mass is 10.0. The predicted octanol–water partition coefficient (Wildman–Crippen LogP) is 5.39. The van der Waals surface area contributed by atoms with Crippen LogP contribution in [-0.4, -0.2) is 30.5 Å². The van der Waals surface area contributed by atoms with Crippen molar-refractivity contribution in [2.24, 2.45) is 0 Å². The Morgan fingerprint density at radius 2 is 2.00 bits per heavy atom. The Hall–Kier alpha value is -4.04. The van der Waals surface area contributed by atoms with Gasteiger partial charge in [0, 0.05) is 22.8 Å². The van der Waals surface area contributed by atoms with Gasteiger partial charge in [0.25, 0.3) is 0 Å². The summed E-state index contributed by atoms with van der Waals surface area (Å²) in [7, 11) is 0. The molecule has 1 amide bonds. The molecule has 5 rings (SSSR count). The maximum atomic E-state index is 13.3. The second-order valence-corrected chi connectivity index (χ2v) is 8.79. The molecular weight excluding hydrogens is 467 g/mol. The molecule has 0 radical (unpaired) electrons. The van der Waals surface area contributed by atoms with Gasteiger partial charge in [-0.05, 0) is 48.7 Å². The number of nitrogens with one attached hydrogen (secondary N) is 1. The first kappa shape index (κ1) is 22.7. The molecule has 2 aromatic carbocycles. The highest BCUT2D eigenvalue weighted by molar-refractivity contribution is 6.31. The maximum absolute atomic E-state index is 13.3. The normalized spacial score (nSPS) is 11.2. The Kier molecular flexibility index (Phi) is 6.05. The minimum absolute atomic E-state index is 0.00355. The van der Waals surface area contributed by atoms with Crippen LogP contribution in [0.3, 0.4) is 0 Å². The van der Waals surface area contributed by atoms with Crippen molar-refractivity contribution < 1.29 is 9.18 Å². The first-order valence-electron chi connectivity index (χ1n) is 11.0. The quantitative estimate of drug-likeness (QED) is 0.347. The molecule has 0 saturated heterocycles. The lowest BCUT2D eigenvalue weighted by Crippen LogP contribution is -2.19. The number of aryl methyl sites for hydroxylation is 2. The molecule has 0 bridgehead atoms. The van der Waals surface area contributed by atoms with Gasteiger partial charge >= 0.3 is 0 Å².